The van der Waals surface area contributed by atoms with Crippen molar-refractivity contribution in [3.05, 3.63) is 11.3 Å². The summed E-state index contributed by atoms with van der Waals surface area (Å²) < 4.78 is 0. The Labute approximate surface area is 114 Å². The molecule has 0 spiro atoms. The smallest absolute Gasteiger partial charge is 0.261 e. The van der Waals surface area contributed by atoms with Crippen LogP contribution in [-0.4, -0.2) is 11.9 Å². The van der Waals surface area contributed by atoms with Crippen molar-refractivity contribution in [3.8, 4) is 6.07 Å². The second kappa shape index (κ2) is 4.56. The fourth-order valence-corrected chi connectivity index (χ4v) is 4.81. The van der Waals surface area contributed by atoms with E-state index in [2.05, 4.69) is 5.32 Å². The minimum absolute atomic E-state index is 0.0776. The SMILES string of the molecule is C/C(NC1C2CC3CC(C2)CC1C3)=C(/C#N)C(N)=O. The first-order valence-corrected chi connectivity index (χ1v) is 7.25. The average molecular weight is 259 g/mol. The number of hydrogen-bond acceptors (Lipinski definition) is 3. The van der Waals surface area contributed by atoms with Crippen LogP contribution in [0.25, 0.3) is 0 Å². The molecule has 4 rings (SSSR count). The normalized spacial score (nSPS) is 40.5. The molecule has 0 unspecified atom stereocenters. The third kappa shape index (κ3) is 2.11. The van der Waals surface area contributed by atoms with Gasteiger partial charge in [-0.2, -0.15) is 5.26 Å². The lowest BCUT2D eigenvalue weighted by molar-refractivity contribution is -0.114. The Morgan fingerprint density at radius 1 is 1.16 bits per heavy atom. The van der Waals surface area contributed by atoms with Crippen molar-refractivity contribution in [3.63, 3.8) is 0 Å². The van der Waals surface area contributed by atoms with E-state index in [1.54, 1.807) is 6.92 Å². The van der Waals surface area contributed by atoms with Crippen LogP contribution in [0, 0.1) is 35.0 Å². The summed E-state index contributed by atoms with van der Waals surface area (Å²) in [6, 6.07) is 2.36. The number of allylic oxidation sites excluding steroid dienone is 1. The van der Waals surface area contributed by atoms with Gasteiger partial charge < -0.3 is 11.1 Å². The Balaban J connectivity index is 1.77. The molecule has 1 amide bonds. The van der Waals surface area contributed by atoms with Crippen molar-refractivity contribution in [1.82, 2.24) is 5.32 Å². The van der Waals surface area contributed by atoms with E-state index in [4.69, 9.17) is 11.0 Å². The van der Waals surface area contributed by atoms with E-state index in [1.165, 1.54) is 32.1 Å². The molecule has 4 fully saturated rings. The summed E-state index contributed by atoms with van der Waals surface area (Å²) >= 11 is 0. The second-order valence-corrected chi connectivity index (χ2v) is 6.58. The molecule has 4 aliphatic rings. The maximum Gasteiger partial charge on any atom is 0.261 e. The summed E-state index contributed by atoms with van der Waals surface area (Å²) in [5.41, 5.74) is 5.98. The maximum atomic E-state index is 11.2. The van der Waals surface area contributed by atoms with Gasteiger partial charge in [0.05, 0.1) is 0 Å². The monoisotopic (exact) mass is 259 g/mol. The summed E-state index contributed by atoms with van der Waals surface area (Å²) in [6.45, 7) is 1.80. The van der Waals surface area contributed by atoms with E-state index in [0.717, 1.165) is 23.7 Å². The minimum Gasteiger partial charge on any atom is -0.384 e. The van der Waals surface area contributed by atoms with Gasteiger partial charge in [0.2, 0.25) is 0 Å². The molecule has 102 valence electrons. The van der Waals surface area contributed by atoms with Gasteiger partial charge in [-0.15, -0.1) is 0 Å². The Kier molecular flexibility index (Phi) is 3.00. The Morgan fingerprint density at radius 2 is 1.68 bits per heavy atom. The number of amides is 1. The molecule has 0 aromatic heterocycles. The van der Waals surface area contributed by atoms with Crippen molar-refractivity contribution in [2.45, 2.75) is 45.1 Å². The highest BCUT2D eigenvalue weighted by Gasteiger charge is 2.48. The first kappa shape index (κ1) is 12.5. The maximum absolute atomic E-state index is 11.2. The predicted octanol–water partition coefficient (Wildman–Crippen LogP) is 1.68. The molecule has 4 aliphatic carbocycles. The van der Waals surface area contributed by atoms with Gasteiger partial charge in [-0.1, -0.05) is 0 Å². The topological polar surface area (TPSA) is 78.9 Å². The van der Waals surface area contributed by atoms with Gasteiger partial charge in [0, 0.05) is 11.7 Å². The number of primary amides is 1. The Morgan fingerprint density at radius 3 is 2.11 bits per heavy atom. The van der Waals surface area contributed by atoms with E-state index in [1.807, 2.05) is 6.07 Å². The van der Waals surface area contributed by atoms with Gasteiger partial charge in [0.15, 0.2) is 0 Å². The van der Waals surface area contributed by atoms with Gasteiger partial charge in [-0.05, 0) is 62.7 Å². The minimum atomic E-state index is -0.628. The van der Waals surface area contributed by atoms with Crippen LogP contribution in [0.1, 0.15) is 39.0 Å². The molecule has 0 aromatic rings. The zero-order valence-electron chi connectivity index (χ0n) is 11.4. The summed E-state index contributed by atoms with van der Waals surface area (Å²) in [5, 5.41) is 12.5. The van der Waals surface area contributed by atoms with Crippen LogP contribution in [0.5, 0.6) is 0 Å². The second-order valence-electron chi connectivity index (χ2n) is 6.58. The molecule has 3 N–H and O–H groups in total. The van der Waals surface area contributed by atoms with Gasteiger partial charge >= 0.3 is 0 Å². The van der Waals surface area contributed by atoms with Gasteiger partial charge in [0.1, 0.15) is 11.6 Å². The van der Waals surface area contributed by atoms with E-state index in [0.29, 0.717) is 11.7 Å². The number of carbonyl (C=O) groups is 1. The number of nitrogens with one attached hydrogen (secondary N) is 1. The van der Waals surface area contributed by atoms with Crippen molar-refractivity contribution in [1.29, 1.82) is 5.26 Å². The molecular formula is C15H21N3O. The molecule has 4 nitrogen and oxygen atoms in total. The number of nitriles is 1. The van der Waals surface area contributed by atoms with Gasteiger partial charge in [0.25, 0.3) is 5.91 Å². The Bertz CT molecular complexity index is 446. The standard InChI is InChI=1S/C15H21N3O/c1-8(13(7-16)15(17)19)18-14-11-3-9-2-10(5-11)6-12(14)4-9/h9-12,14,18H,2-6H2,1H3,(H2,17,19)/b13-8+. The fraction of sp³-hybridized carbons (Fsp3) is 0.733. The van der Waals surface area contributed by atoms with Crippen LogP contribution in [-0.2, 0) is 4.79 Å². The van der Waals surface area contributed by atoms with Crippen LogP contribution in [0.4, 0.5) is 0 Å². The highest BCUT2D eigenvalue weighted by molar-refractivity contribution is 5.96. The van der Waals surface area contributed by atoms with Crippen LogP contribution >= 0.6 is 0 Å². The number of rotatable bonds is 3. The summed E-state index contributed by atoms with van der Waals surface area (Å²) in [7, 11) is 0. The zero-order chi connectivity index (χ0) is 13.6. The van der Waals surface area contributed by atoms with Crippen molar-refractivity contribution >= 4 is 5.91 Å². The van der Waals surface area contributed by atoms with Gasteiger partial charge in [-0.3, -0.25) is 4.79 Å². The highest BCUT2D eigenvalue weighted by Crippen LogP contribution is 2.53. The quantitative estimate of drug-likeness (QED) is 0.598. The molecule has 0 atom stereocenters. The molecule has 0 aromatic carbocycles. The molecule has 4 bridgehead atoms. The van der Waals surface area contributed by atoms with Crippen LogP contribution in [0.15, 0.2) is 11.3 Å². The lowest BCUT2D eigenvalue weighted by Gasteiger charge is -2.54. The van der Waals surface area contributed by atoms with E-state index >= 15 is 0 Å². The molecule has 0 saturated heterocycles. The van der Waals surface area contributed by atoms with E-state index in [-0.39, 0.29) is 5.57 Å². The molecule has 4 heteroatoms. The first-order chi connectivity index (χ1) is 9.08. The lowest BCUT2D eigenvalue weighted by atomic mass is 9.54. The van der Waals surface area contributed by atoms with Crippen LogP contribution in [0.3, 0.4) is 0 Å². The zero-order valence-corrected chi connectivity index (χ0v) is 11.4. The summed E-state index contributed by atoms with van der Waals surface area (Å²) in [4.78, 5) is 11.2. The third-order valence-electron chi connectivity index (χ3n) is 5.34. The Hall–Kier alpha value is -1.50. The first-order valence-electron chi connectivity index (χ1n) is 7.25. The number of carbonyl (C=O) groups excluding carboxylic acids is 1. The van der Waals surface area contributed by atoms with Gasteiger partial charge in [-0.25, -0.2) is 0 Å². The molecular weight excluding hydrogens is 238 g/mol. The molecule has 0 radical (unpaired) electrons. The molecule has 0 heterocycles. The largest absolute Gasteiger partial charge is 0.384 e. The summed E-state index contributed by atoms with van der Waals surface area (Å²) in [6.07, 6.45) is 6.69. The molecule has 19 heavy (non-hydrogen) atoms. The third-order valence-corrected chi connectivity index (χ3v) is 5.34. The van der Waals surface area contributed by atoms with E-state index in [9.17, 15) is 4.79 Å². The van der Waals surface area contributed by atoms with Crippen molar-refractivity contribution in [2.75, 3.05) is 0 Å². The number of nitrogens with two attached hydrogens (primary N) is 1. The van der Waals surface area contributed by atoms with Crippen molar-refractivity contribution < 1.29 is 4.79 Å². The van der Waals surface area contributed by atoms with Crippen LogP contribution in [0.2, 0.25) is 0 Å². The summed E-state index contributed by atoms with van der Waals surface area (Å²) in [5.74, 6) is 2.67. The predicted molar refractivity (Wildman–Crippen MR) is 71.5 cm³/mol. The molecule has 4 saturated carbocycles. The highest BCUT2D eigenvalue weighted by atomic mass is 16.1. The fourth-order valence-electron chi connectivity index (χ4n) is 4.81. The lowest BCUT2D eigenvalue weighted by Crippen LogP contribution is -2.54. The number of hydrogen-bond donors (Lipinski definition) is 2. The van der Waals surface area contributed by atoms with Crippen LogP contribution < -0.4 is 11.1 Å². The van der Waals surface area contributed by atoms with E-state index < -0.39 is 5.91 Å². The van der Waals surface area contributed by atoms with Crippen molar-refractivity contribution in [2.24, 2.45) is 29.4 Å². The molecule has 0 aliphatic heterocycles. The average Bonchev–Trinajstić information content (AvgIpc) is 2.33. The number of nitrogens with zero attached hydrogens (tertiary/aromatic N) is 1.